The molecule has 0 aliphatic carbocycles. The first-order chi connectivity index (χ1) is 14.4. The monoisotopic (exact) mass is 596 g/mol. The van der Waals surface area contributed by atoms with Gasteiger partial charge in [-0.2, -0.15) is 0 Å². The second-order valence-electron chi connectivity index (χ2n) is 5.25. The van der Waals surface area contributed by atoms with Crippen molar-refractivity contribution in [1.29, 1.82) is 0 Å². The molecule has 0 spiro atoms. The number of halogens is 5. The summed E-state index contributed by atoms with van der Waals surface area (Å²) in [7, 11) is 0. The van der Waals surface area contributed by atoms with Crippen LogP contribution in [0.2, 0.25) is 20.4 Å². The van der Waals surface area contributed by atoms with Gasteiger partial charge in [0, 0.05) is 36.4 Å². The maximum absolute atomic E-state index is 11.4. The second-order valence-corrected chi connectivity index (χ2v) is 7.34. The van der Waals surface area contributed by atoms with Gasteiger partial charge >= 0.3 is 35.5 Å². The Bertz CT molecular complexity index is 961. The van der Waals surface area contributed by atoms with Crippen molar-refractivity contribution in [3.05, 3.63) is 56.0 Å². The summed E-state index contributed by atoms with van der Waals surface area (Å²) in [5, 5.41) is 9.96. The van der Waals surface area contributed by atoms with Crippen molar-refractivity contribution in [1.82, 2.24) is 9.97 Å². The Balaban J connectivity index is 0. The van der Waals surface area contributed by atoms with Crippen LogP contribution < -0.4 is 34.7 Å². The zero-order valence-corrected chi connectivity index (χ0v) is 23.6. The summed E-state index contributed by atoms with van der Waals surface area (Å²) in [4.78, 5) is 49.3. The van der Waals surface area contributed by atoms with Gasteiger partial charge in [-0.15, -0.1) is 0 Å². The molecule has 0 bridgehead atoms. The molecule has 0 amide bonds. The number of rotatable bonds is 5. The Morgan fingerprint density at radius 1 is 0.906 bits per heavy atom. The fraction of sp³-hybridized carbons (Fsp3) is 0.222. The van der Waals surface area contributed by atoms with E-state index >= 15 is 0 Å². The van der Waals surface area contributed by atoms with E-state index in [0.29, 0.717) is 10.6 Å². The fourth-order valence-corrected chi connectivity index (χ4v) is 2.34. The van der Waals surface area contributed by atoms with Crippen LogP contribution in [0.4, 0.5) is 0 Å². The van der Waals surface area contributed by atoms with Crippen molar-refractivity contribution in [3.8, 4) is 0 Å². The topological polar surface area (TPSA) is 126 Å². The third kappa shape index (κ3) is 14.4. The molecule has 2 rings (SSSR count). The van der Waals surface area contributed by atoms with E-state index in [0.717, 1.165) is 6.92 Å². The number of carbonyl (C=O) groups excluding carboxylic acids is 4. The molecule has 2 aromatic heterocycles. The number of pyridine rings is 2. The first kappa shape index (κ1) is 33.4. The van der Waals surface area contributed by atoms with E-state index in [1.165, 1.54) is 31.5 Å². The van der Waals surface area contributed by atoms with Gasteiger partial charge in [-0.1, -0.05) is 62.3 Å². The van der Waals surface area contributed by atoms with Crippen LogP contribution in [0.15, 0.2) is 24.5 Å². The van der Waals surface area contributed by atoms with Gasteiger partial charge < -0.3 is 14.6 Å². The molecular weight excluding hydrogens is 585 g/mol. The molecule has 2 heterocycles. The molecule has 0 unspecified atom stereocenters. The maximum Gasteiger partial charge on any atom is 1.00 e. The van der Waals surface area contributed by atoms with Crippen molar-refractivity contribution in [2.45, 2.75) is 13.8 Å². The van der Waals surface area contributed by atoms with Crippen LogP contribution >= 0.6 is 62.3 Å². The summed E-state index contributed by atoms with van der Waals surface area (Å²) in [6, 6.07) is 2.88. The van der Waals surface area contributed by atoms with Gasteiger partial charge in [-0.05, 0) is 19.1 Å². The molecule has 168 valence electrons. The zero-order chi connectivity index (χ0) is 24.1. The molecule has 0 aliphatic rings. The van der Waals surface area contributed by atoms with Crippen LogP contribution in [-0.2, 0) is 14.3 Å². The number of aliphatic carboxylic acids is 1. The normalized spacial score (nSPS) is 9.09. The van der Waals surface area contributed by atoms with Crippen LogP contribution in [0.25, 0.3) is 0 Å². The number of aromatic nitrogens is 2. The fourth-order valence-electron chi connectivity index (χ4n) is 1.48. The third-order valence-corrected chi connectivity index (χ3v) is 4.65. The number of nitrogens with zero attached hydrogens (tertiary/aromatic N) is 2. The van der Waals surface area contributed by atoms with Gasteiger partial charge in [0.1, 0.15) is 10.3 Å². The van der Waals surface area contributed by atoms with Gasteiger partial charge in [-0.25, -0.2) is 9.97 Å². The van der Waals surface area contributed by atoms with Gasteiger partial charge in [0.25, 0.3) is 0 Å². The minimum absolute atomic E-state index is 0. The Kier molecular flexibility index (Phi) is 18.4. The van der Waals surface area contributed by atoms with Gasteiger partial charge in [0.15, 0.2) is 12.4 Å². The van der Waals surface area contributed by atoms with E-state index in [1.807, 2.05) is 0 Å². The molecule has 14 heteroatoms. The number of ketones is 2. The third-order valence-electron chi connectivity index (χ3n) is 2.76. The number of hydrogen-bond donors (Lipinski definition) is 0. The van der Waals surface area contributed by atoms with Crippen LogP contribution in [0, 0.1) is 0 Å². The molecule has 0 saturated carbocycles. The van der Waals surface area contributed by atoms with Crippen molar-refractivity contribution >= 4 is 85.8 Å². The molecule has 0 saturated heterocycles. The van der Waals surface area contributed by atoms with Crippen molar-refractivity contribution in [3.63, 3.8) is 0 Å². The molecule has 0 N–H and O–H groups in total. The van der Waals surface area contributed by atoms with Crippen molar-refractivity contribution < 1.29 is 58.6 Å². The molecular formula is C18H14BrCl4N2NaO6. The maximum atomic E-state index is 11.4. The predicted octanol–water partition coefficient (Wildman–Crippen LogP) is 0.860. The van der Waals surface area contributed by atoms with Crippen molar-refractivity contribution in [2.24, 2.45) is 0 Å². The predicted molar refractivity (Wildman–Crippen MR) is 118 cm³/mol. The van der Waals surface area contributed by atoms with Crippen LogP contribution in [-0.4, -0.2) is 45.4 Å². The molecule has 0 radical (unpaired) electrons. The van der Waals surface area contributed by atoms with Crippen LogP contribution in [0.3, 0.4) is 0 Å². The number of alkyl halides is 1. The van der Waals surface area contributed by atoms with E-state index in [9.17, 15) is 14.4 Å². The summed E-state index contributed by atoms with van der Waals surface area (Å²) < 4.78 is 4.54. The first-order valence-corrected chi connectivity index (χ1v) is 10.6. The molecule has 8 nitrogen and oxygen atoms in total. The van der Waals surface area contributed by atoms with Gasteiger partial charge in [0.2, 0.25) is 5.78 Å². The van der Waals surface area contributed by atoms with Gasteiger partial charge in [-0.3, -0.25) is 14.4 Å². The zero-order valence-electron chi connectivity index (χ0n) is 17.0. The van der Waals surface area contributed by atoms with E-state index in [-0.39, 0.29) is 74.0 Å². The minimum Gasteiger partial charge on any atom is -0.550 e. The Morgan fingerprint density at radius 3 is 1.59 bits per heavy atom. The van der Waals surface area contributed by atoms with Crippen molar-refractivity contribution in [2.75, 3.05) is 11.9 Å². The quantitative estimate of drug-likeness (QED) is 0.163. The Morgan fingerprint density at radius 2 is 1.28 bits per heavy atom. The van der Waals surface area contributed by atoms with E-state index < -0.39 is 11.9 Å². The summed E-state index contributed by atoms with van der Waals surface area (Å²) in [5.74, 6) is -2.05. The number of ether oxygens (including phenoxy) is 1. The largest absolute Gasteiger partial charge is 1.00 e. The summed E-state index contributed by atoms with van der Waals surface area (Å²) in [5.41, 5.74) is 0.715. The number of carboxylic acids is 1. The average Bonchev–Trinajstić information content (AvgIpc) is 2.69. The van der Waals surface area contributed by atoms with E-state index in [2.05, 4.69) is 30.6 Å². The summed E-state index contributed by atoms with van der Waals surface area (Å²) >= 11 is 25.5. The number of esters is 1. The standard InChI is InChI=1S/C9H7Cl2NO3.C7H4BrCl2NO.C2H4O2.Na/c1-5(13)15-4-8(14)6-2-7(10)9(11)12-3-6;8-2-6(12)4-1-5(9)7(10)11-3-4;1-2(3)4;/h2-3H,4H2,1H3;1,3H,2H2;1H3,(H,3,4);/q;;;+1/p-1. The number of hydrogen-bond acceptors (Lipinski definition) is 8. The molecule has 0 fully saturated rings. The van der Waals surface area contributed by atoms with E-state index in [4.69, 9.17) is 56.3 Å². The SMILES string of the molecule is CC(=O)OCC(=O)c1cnc(Cl)c(Cl)c1.CC(=O)[O-].O=C(CBr)c1cnc(Cl)c(Cl)c1.[Na+]. The van der Waals surface area contributed by atoms with Crippen LogP contribution in [0.5, 0.6) is 0 Å². The molecule has 2 aromatic rings. The van der Waals surface area contributed by atoms with Crippen LogP contribution in [0.1, 0.15) is 34.6 Å². The Hall–Kier alpha value is -0.780. The summed E-state index contributed by atoms with van der Waals surface area (Å²) in [6.45, 7) is 1.87. The molecule has 0 aromatic carbocycles. The molecule has 0 aliphatic heterocycles. The smallest absolute Gasteiger partial charge is 0.550 e. The summed E-state index contributed by atoms with van der Waals surface area (Å²) in [6.07, 6.45) is 2.68. The molecule has 0 atom stereocenters. The number of carboxylic acid groups (broad SMARTS) is 1. The minimum atomic E-state index is -1.08. The first-order valence-electron chi connectivity index (χ1n) is 7.94. The number of Topliss-reactive ketones (excluding diaryl/α,β-unsaturated/α-hetero) is 2. The van der Waals surface area contributed by atoms with E-state index in [1.54, 1.807) is 0 Å². The molecule has 32 heavy (non-hydrogen) atoms. The van der Waals surface area contributed by atoms with Gasteiger partial charge in [0.05, 0.1) is 15.4 Å². The Labute approximate surface area is 234 Å². The average molecular weight is 599 g/mol. The number of carbonyl (C=O) groups is 4. The second kappa shape index (κ2) is 17.7.